The van der Waals surface area contributed by atoms with Crippen LogP contribution in [0.2, 0.25) is 0 Å². The highest BCUT2D eigenvalue weighted by Crippen LogP contribution is 2.45. The molecule has 0 aromatic heterocycles. The van der Waals surface area contributed by atoms with Crippen LogP contribution in [-0.4, -0.2) is 29.6 Å². The normalized spacial score (nSPS) is 19.9. The molecule has 1 aliphatic carbocycles. The van der Waals surface area contributed by atoms with Crippen molar-refractivity contribution in [3.05, 3.63) is 33.8 Å². The van der Waals surface area contributed by atoms with Gasteiger partial charge in [0.25, 0.3) is 0 Å². The summed E-state index contributed by atoms with van der Waals surface area (Å²) in [6, 6.07) is 2.50. The largest absolute Gasteiger partial charge is 0.386 e. The predicted molar refractivity (Wildman–Crippen MR) is 73.9 cm³/mol. The fraction of sp³-hybridized carbons (Fsp3) is 0.571. The number of likely N-dealkylation sites (N-methyl/N-ethyl adjacent to an activating group) is 1. The first-order chi connectivity index (χ1) is 8.90. The molecular weight excluding hydrogens is 316 g/mol. The molecule has 1 saturated carbocycles. The van der Waals surface area contributed by atoms with Crippen LogP contribution in [0.25, 0.3) is 0 Å². The number of hydrogen-bond donors (Lipinski definition) is 1. The maximum atomic E-state index is 14.1. The number of aliphatic hydroxyl groups excluding tert-OH is 1. The molecule has 0 bridgehead atoms. The summed E-state index contributed by atoms with van der Waals surface area (Å²) >= 11 is 3.05. The molecule has 1 aromatic rings. The van der Waals surface area contributed by atoms with Gasteiger partial charge in [0.1, 0.15) is 17.7 Å². The number of hydrogen-bond acceptors (Lipinski definition) is 2. The third kappa shape index (κ3) is 2.43. The molecule has 1 unspecified atom stereocenters. The second kappa shape index (κ2) is 5.46. The van der Waals surface area contributed by atoms with E-state index in [2.05, 4.69) is 15.9 Å². The summed E-state index contributed by atoms with van der Waals surface area (Å²) in [5.74, 6) is -1.40. The van der Waals surface area contributed by atoms with Crippen molar-refractivity contribution in [3.63, 3.8) is 0 Å². The number of nitrogens with zero attached hydrogens (tertiary/aromatic N) is 1. The van der Waals surface area contributed by atoms with E-state index in [1.807, 2.05) is 19.0 Å². The summed E-state index contributed by atoms with van der Waals surface area (Å²) < 4.78 is 28.2. The lowest BCUT2D eigenvalue weighted by Crippen LogP contribution is -2.47. The van der Waals surface area contributed by atoms with Crippen LogP contribution in [-0.2, 0) is 0 Å². The first-order valence-electron chi connectivity index (χ1n) is 6.39. The van der Waals surface area contributed by atoms with Gasteiger partial charge in [-0.2, -0.15) is 0 Å². The Balaban J connectivity index is 2.49. The van der Waals surface area contributed by atoms with Gasteiger partial charge in [0, 0.05) is 0 Å². The van der Waals surface area contributed by atoms with Crippen LogP contribution in [0.15, 0.2) is 16.6 Å². The molecule has 1 aromatic carbocycles. The zero-order valence-electron chi connectivity index (χ0n) is 11.1. The molecule has 0 saturated heterocycles. The molecule has 106 valence electrons. The van der Waals surface area contributed by atoms with Crippen molar-refractivity contribution < 1.29 is 13.9 Å². The Bertz CT molecular complexity index is 473. The average Bonchev–Trinajstić information content (AvgIpc) is 2.85. The Morgan fingerprint density at radius 1 is 1.26 bits per heavy atom. The van der Waals surface area contributed by atoms with Crippen molar-refractivity contribution in [1.29, 1.82) is 0 Å². The minimum absolute atomic E-state index is 0.176. The van der Waals surface area contributed by atoms with Gasteiger partial charge in [0.05, 0.1) is 15.6 Å². The second-order valence-corrected chi connectivity index (χ2v) is 6.22. The van der Waals surface area contributed by atoms with E-state index in [0.29, 0.717) is 0 Å². The van der Waals surface area contributed by atoms with Gasteiger partial charge in [-0.3, -0.25) is 0 Å². The van der Waals surface area contributed by atoms with Crippen LogP contribution >= 0.6 is 15.9 Å². The molecule has 1 aliphatic rings. The summed E-state index contributed by atoms with van der Waals surface area (Å²) in [7, 11) is 3.70. The van der Waals surface area contributed by atoms with E-state index in [0.717, 1.165) is 25.7 Å². The third-order valence-electron chi connectivity index (χ3n) is 4.22. The van der Waals surface area contributed by atoms with Crippen LogP contribution in [0.1, 0.15) is 37.4 Å². The third-order valence-corrected chi connectivity index (χ3v) is 4.83. The molecule has 0 amide bonds. The maximum absolute atomic E-state index is 14.1. The highest BCUT2D eigenvalue weighted by molar-refractivity contribution is 9.10. The van der Waals surface area contributed by atoms with E-state index in [-0.39, 0.29) is 10.0 Å². The van der Waals surface area contributed by atoms with Gasteiger partial charge in [-0.1, -0.05) is 12.8 Å². The van der Waals surface area contributed by atoms with Crippen LogP contribution in [0.4, 0.5) is 8.78 Å². The van der Waals surface area contributed by atoms with Crippen LogP contribution in [0, 0.1) is 11.6 Å². The Morgan fingerprint density at radius 3 is 2.37 bits per heavy atom. The van der Waals surface area contributed by atoms with E-state index in [4.69, 9.17) is 0 Å². The number of benzene rings is 1. The zero-order chi connectivity index (χ0) is 14.2. The van der Waals surface area contributed by atoms with E-state index >= 15 is 0 Å². The highest BCUT2D eigenvalue weighted by Gasteiger charge is 2.45. The fourth-order valence-corrected chi connectivity index (χ4v) is 3.36. The summed E-state index contributed by atoms with van der Waals surface area (Å²) in [6.45, 7) is 0. The van der Waals surface area contributed by atoms with E-state index in [9.17, 15) is 13.9 Å². The Labute approximate surface area is 120 Å². The minimum atomic E-state index is -1.16. The van der Waals surface area contributed by atoms with E-state index in [1.54, 1.807) is 0 Å². The SMILES string of the molecule is CN(C)C1(C(O)c2c(F)ccc(Br)c2F)CCCC1. The summed E-state index contributed by atoms with van der Waals surface area (Å²) in [6.07, 6.45) is 2.25. The van der Waals surface area contributed by atoms with Gasteiger partial charge >= 0.3 is 0 Å². The lowest BCUT2D eigenvalue weighted by Gasteiger charge is -2.41. The topological polar surface area (TPSA) is 23.5 Å². The second-order valence-electron chi connectivity index (χ2n) is 5.36. The van der Waals surface area contributed by atoms with Gasteiger partial charge in [0.15, 0.2) is 0 Å². The van der Waals surface area contributed by atoms with Gasteiger partial charge < -0.3 is 10.0 Å². The van der Waals surface area contributed by atoms with Crippen molar-refractivity contribution in [3.8, 4) is 0 Å². The number of halogens is 3. The molecule has 2 nitrogen and oxygen atoms in total. The fourth-order valence-electron chi connectivity index (χ4n) is 3.01. The van der Waals surface area contributed by atoms with E-state index < -0.39 is 23.3 Å². The van der Waals surface area contributed by atoms with Crippen molar-refractivity contribution in [1.82, 2.24) is 4.90 Å². The lowest BCUT2D eigenvalue weighted by atomic mass is 9.84. The molecule has 0 spiro atoms. The minimum Gasteiger partial charge on any atom is -0.386 e. The van der Waals surface area contributed by atoms with Gasteiger partial charge in [0.2, 0.25) is 0 Å². The van der Waals surface area contributed by atoms with Crippen molar-refractivity contribution in [2.24, 2.45) is 0 Å². The summed E-state index contributed by atoms with van der Waals surface area (Å²) in [4.78, 5) is 1.89. The van der Waals surface area contributed by atoms with Crippen LogP contribution < -0.4 is 0 Å². The summed E-state index contributed by atoms with van der Waals surface area (Å²) in [5, 5.41) is 10.6. The average molecular weight is 334 g/mol. The first kappa shape index (κ1) is 14.9. The smallest absolute Gasteiger partial charge is 0.146 e. The molecule has 1 N–H and O–H groups in total. The monoisotopic (exact) mass is 333 g/mol. The van der Waals surface area contributed by atoms with Gasteiger partial charge in [-0.25, -0.2) is 8.78 Å². The van der Waals surface area contributed by atoms with Crippen LogP contribution in [0.3, 0.4) is 0 Å². The lowest BCUT2D eigenvalue weighted by molar-refractivity contribution is -0.00891. The molecular formula is C14H18BrF2NO. The van der Waals surface area contributed by atoms with Crippen molar-refractivity contribution >= 4 is 15.9 Å². The molecule has 1 atom stereocenters. The zero-order valence-corrected chi connectivity index (χ0v) is 12.7. The number of rotatable bonds is 3. The van der Waals surface area contributed by atoms with Gasteiger partial charge in [-0.05, 0) is 55.0 Å². The molecule has 2 rings (SSSR count). The van der Waals surface area contributed by atoms with E-state index in [1.165, 1.54) is 12.1 Å². The highest BCUT2D eigenvalue weighted by atomic mass is 79.9. The predicted octanol–water partition coefficient (Wildman–Crippen LogP) is 3.64. The van der Waals surface area contributed by atoms with Gasteiger partial charge in [-0.15, -0.1) is 0 Å². The molecule has 1 fully saturated rings. The standard InChI is InChI=1S/C14H18BrF2NO/c1-18(2)14(7-3-4-8-14)13(19)11-10(16)6-5-9(15)12(11)17/h5-6,13,19H,3-4,7-8H2,1-2H3. The maximum Gasteiger partial charge on any atom is 0.146 e. The quantitative estimate of drug-likeness (QED) is 0.854. The van der Waals surface area contributed by atoms with Crippen LogP contribution in [0.5, 0.6) is 0 Å². The molecule has 0 heterocycles. The Morgan fingerprint density at radius 2 is 1.84 bits per heavy atom. The molecule has 5 heteroatoms. The van der Waals surface area contributed by atoms with Crippen molar-refractivity contribution in [2.75, 3.05) is 14.1 Å². The first-order valence-corrected chi connectivity index (χ1v) is 7.18. The van der Waals surface area contributed by atoms with Crippen molar-refractivity contribution in [2.45, 2.75) is 37.3 Å². The Kier molecular flexibility index (Phi) is 4.28. The molecule has 0 radical (unpaired) electrons. The number of aliphatic hydroxyl groups is 1. The molecule has 0 aliphatic heterocycles. The summed E-state index contributed by atoms with van der Waals surface area (Å²) in [5.41, 5.74) is -0.812. The Hall–Kier alpha value is -0.520. The molecule has 19 heavy (non-hydrogen) atoms.